The normalized spacial score (nSPS) is 55.0. The molecule has 1 nitrogen and oxygen atoms in total. The molecule has 198 valence electrons. The zero-order valence-electron chi connectivity index (χ0n) is 24.6. The Morgan fingerprint density at radius 1 is 0.800 bits per heavy atom. The molecule has 0 aromatic heterocycles. The maximum atomic E-state index is 13.0. The number of rotatable bonds is 3. The second kappa shape index (κ2) is 7.96. The molecule has 10 atom stereocenters. The average molecular weight is 481 g/mol. The van der Waals surface area contributed by atoms with Crippen LogP contribution in [0.4, 0.5) is 0 Å². The van der Waals surface area contributed by atoms with Gasteiger partial charge in [0.05, 0.1) is 0 Å². The van der Waals surface area contributed by atoms with Crippen LogP contribution >= 0.6 is 0 Å². The lowest BCUT2D eigenvalue weighted by Crippen LogP contribution is -2.69. The summed E-state index contributed by atoms with van der Waals surface area (Å²) >= 11 is 0. The van der Waals surface area contributed by atoms with Gasteiger partial charge in [-0.05, 0) is 134 Å². The molecule has 0 amide bonds. The van der Waals surface area contributed by atoms with Gasteiger partial charge in [-0.3, -0.25) is 0 Å². The highest BCUT2D eigenvalue weighted by Gasteiger charge is 2.73. The van der Waals surface area contributed by atoms with Crippen molar-refractivity contribution < 1.29 is 4.79 Å². The first-order valence-corrected chi connectivity index (χ1v) is 15.3. The van der Waals surface area contributed by atoms with Crippen LogP contribution in [0.25, 0.3) is 0 Å². The molecule has 0 aliphatic heterocycles. The van der Waals surface area contributed by atoms with Gasteiger partial charge in [0.1, 0.15) is 6.29 Å². The minimum Gasteiger partial charge on any atom is -0.303 e. The number of aldehydes is 1. The first-order chi connectivity index (χ1) is 16.2. The number of hydrogen-bond acceptors (Lipinski definition) is 1. The van der Waals surface area contributed by atoms with Crippen LogP contribution < -0.4 is 0 Å². The van der Waals surface area contributed by atoms with Gasteiger partial charge in [0.2, 0.25) is 0 Å². The minimum atomic E-state index is -0.109. The third-order valence-electron chi connectivity index (χ3n) is 15.1. The molecule has 0 aromatic rings. The molecule has 0 bridgehead atoms. The highest BCUT2D eigenvalue weighted by molar-refractivity contribution is 5.62. The summed E-state index contributed by atoms with van der Waals surface area (Å²) in [5.74, 6) is 3.80. The van der Waals surface area contributed by atoms with Gasteiger partial charge in [0.25, 0.3) is 0 Å². The maximum Gasteiger partial charge on any atom is 0.126 e. The predicted molar refractivity (Wildman–Crippen MR) is 148 cm³/mol. The molecule has 1 heteroatoms. The second-order valence-electron chi connectivity index (χ2n) is 16.2. The third-order valence-corrected chi connectivity index (χ3v) is 15.1. The van der Waals surface area contributed by atoms with E-state index in [1.165, 1.54) is 69.6 Å². The Morgan fingerprint density at radius 2 is 1.46 bits per heavy atom. The molecule has 35 heavy (non-hydrogen) atoms. The summed E-state index contributed by atoms with van der Waals surface area (Å²) in [5.41, 5.74) is 2.97. The van der Waals surface area contributed by atoms with Crippen molar-refractivity contribution in [1.29, 1.82) is 0 Å². The number of carbonyl (C=O) groups excluding carboxylic acids is 1. The van der Waals surface area contributed by atoms with E-state index in [1.54, 1.807) is 0 Å². The molecule has 5 aliphatic carbocycles. The van der Waals surface area contributed by atoms with Gasteiger partial charge >= 0.3 is 0 Å². The molecular weight excluding hydrogens is 424 g/mol. The van der Waals surface area contributed by atoms with Crippen LogP contribution in [0.15, 0.2) is 12.2 Å². The number of allylic oxidation sites excluding steroid dienone is 1. The Hall–Kier alpha value is -0.590. The fourth-order valence-electron chi connectivity index (χ4n) is 12.7. The van der Waals surface area contributed by atoms with Crippen molar-refractivity contribution in [3.8, 4) is 0 Å². The summed E-state index contributed by atoms with van der Waals surface area (Å²) in [6.45, 7) is 25.1. The van der Waals surface area contributed by atoms with Crippen molar-refractivity contribution >= 4 is 6.29 Å². The third kappa shape index (κ3) is 3.08. The predicted octanol–water partition coefficient (Wildman–Crippen LogP) is 9.65. The summed E-state index contributed by atoms with van der Waals surface area (Å²) in [7, 11) is 0. The lowest BCUT2D eigenvalue weighted by molar-refractivity contribution is -0.270. The van der Waals surface area contributed by atoms with E-state index in [0.717, 1.165) is 37.0 Å². The molecule has 5 fully saturated rings. The molecule has 0 spiro atoms. The van der Waals surface area contributed by atoms with Crippen molar-refractivity contribution in [1.82, 2.24) is 0 Å². The van der Waals surface area contributed by atoms with Crippen LogP contribution in [0.5, 0.6) is 0 Å². The Bertz CT molecular complexity index is 885. The van der Waals surface area contributed by atoms with E-state index in [2.05, 4.69) is 62.0 Å². The van der Waals surface area contributed by atoms with Crippen LogP contribution in [0, 0.1) is 62.1 Å². The summed E-state index contributed by atoms with van der Waals surface area (Å²) in [6, 6.07) is 0. The SMILES string of the molecule is C=C(C)C[C@@H]1CCC[C@]2(C=O)CC[C@]3(C)C(CCC4[C@@]5(C)CC[C@H](C)C(C)(C)C5CC[C@]43C)[C@@]12C. The van der Waals surface area contributed by atoms with Crippen LogP contribution in [-0.2, 0) is 4.79 Å². The molecular formula is C34H56O. The van der Waals surface area contributed by atoms with Crippen molar-refractivity contribution in [3.05, 3.63) is 12.2 Å². The Labute approximate surface area is 217 Å². The van der Waals surface area contributed by atoms with Crippen LogP contribution in [-0.4, -0.2) is 6.29 Å². The summed E-state index contributed by atoms with van der Waals surface area (Å²) in [5, 5.41) is 0. The lowest BCUT2D eigenvalue weighted by atomic mass is 9.28. The zero-order valence-corrected chi connectivity index (χ0v) is 24.6. The number of carbonyl (C=O) groups is 1. The van der Waals surface area contributed by atoms with Crippen LogP contribution in [0.2, 0.25) is 0 Å². The van der Waals surface area contributed by atoms with E-state index in [0.29, 0.717) is 33.5 Å². The first kappa shape index (κ1) is 26.0. The van der Waals surface area contributed by atoms with Gasteiger partial charge in [-0.1, -0.05) is 60.5 Å². The van der Waals surface area contributed by atoms with E-state index in [9.17, 15) is 4.79 Å². The molecule has 5 saturated carbocycles. The summed E-state index contributed by atoms with van der Waals surface area (Å²) in [4.78, 5) is 13.0. The summed E-state index contributed by atoms with van der Waals surface area (Å²) < 4.78 is 0. The molecule has 0 radical (unpaired) electrons. The molecule has 3 unspecified atom stereocenters. The monoisotopic (exact) mass is 480 g/mol. The minimum absolute atomic E-state index is 0.109. The van der Waals surface area contributed by atoms with Gasteiger partial charge in [-0.2, -0.15) is 0 Å². The number of hydrogen-bond donors (Lipinski definition) is 0. The highest BCUT2D eigenvalue weighted by atomic mass is 16.1. The van der Waals surface area contributed by atoms with Gasteiger partial charge in [-0.15, -0.1) is 6.58 Å². The standard InChI is InChI=1S/C34H56O/c1-23(2)21-25-11-10-16-34(22-35)20-19-32(8)28(33(25,34)9)13-12-27-30(6)17-14-24(3)29(4,5)26(30)15-18-31(27,32)7/h22,24-28H,1,10-21H2,2-9H3/t24-,25-,26?,27?,28?,30-,31+,32+,33+,34+/m0/s1. The van der Waals surface area contributed by atoms with E-state index in [-0.39, 0.29) is 10.8 Å². The average Bonchev–Trinajstić information content (AvgIpc) is 2.78. The fourth-order valence-corrected chi connectivity index (χ4v) is 12.7. The van der Waals surface area contributed by atoms with Crippen molar-refractivity contribution in [2.24, 2.45) is 62.1 Å². The van der Waals surface area contributed by atoms with Gasteiger partial charge < -0.3 is 4.79 Å². The Balaban J connectivity index is 1.58. The fraction of sp³-hybridized carbons (Fsp3) is 0.912. The largest absolute Gasteiger partial charge is 0.303 e. The molecule has 0 saturated heterocycles. The van der Waals surface area contributed by atoms with E-state index < -0.39 is 0 Å². The number of fused-ring (bicyclic) bond motifs is 7. The molecule has 0 aromatic carbocycles. The molecule has 5 rings (SSSR count). The van der Waals surface area contributed by atoms with E-state index in [4.69, 9.17) is 0 Å². The van der Waals surface area contributed by atoms with Gasteiger partial charge in [-0.25, -0.2) is 0 Å². The van der Waals surface area contributed by atoms with Crippen LogP contribution in [0.1, 0.15) is 132 Å². The van der Waals surface area contributed by atoms with E-state index >= 15 is 0 Å². The second-order valence-corrected chi connectivity index (χ2v) is 16.2. The van der Waals surface area contributed by atoms with Crippen LogP contribution in [0.3, 0.4) is 0 Å². The van der Waals surface area contributed by atoms with Crippen molar-refractivity contribution in [2.45, 2.75) is 132 Å². The Kier molecular flexibility index (Phi) is 5.92. The first-order valence-electron chi connectivity index (χ1n) is 15.3. The Morgan fingerprint density at radius 3 is 2.11 bits per heavy atom. The van der Waals surface area contributed by atoms with Crippen molar-refractivity contribution in [3.63, 3.8) is 0 Å². The molecule has 0 heterocycles. The quantitative estimate of drug-likeness (QED) is 0.290. The summed E-state index contributed by atoms with van der Waals surface area (Å²) in [6.07, 6.45) is 17.0. The highest BCUT2D eigenvalue weighted by Crippen LogP contribution is 2.79. The van der Waals surface area contributed by atoms with E-state index in [1.807, 2.05) is 0 Å². The van der Waals surface area contributed by atoms with Gasteiger partial charge in [0.15, 0.2) is 0 Å². The van der Waals surface area contributed by atoms with Gasteiger partial charge in [0, 0.05) is 5.41 Å². The van der Waals surface area contributed by atoms with Crippen molar-refractivity contribution in [2.75, 3.05) is 0 Å². The smallest absolute Gasteiger partial charge is 0.126 e. The topological polar surface area (TPSA) is 17.1 Å². The lowest BCUT2D eigenvalue weighted by Gasteiger charge is -2.76. The molecule has 0 N–H and O–H groups in total. The maximum absolute atomic E-state index is 13.0. The molecule has 5 aliphatic rings. The zero-order chi connectivity index (χ0) is 25.7.